The molecule has 0 heterocycles. The largest absolute Gasteiger partial charge is 0.384 e. The topological polar surface area (TPSA) is 20.2 Å². The van der Waals surface area contributed by atoms with E-state index in [1.54, 1.807) is 0 Å². The van der Waals surface area contributed by atoms with Gasteiger partial charge in [-0.2, -0.15) is 0 Å². The third-order valence-electron chi connectivity index (χ3n) is 2.16. The van der Waals surface area contributed by atoms with Crippen LogP contribution in [0.2, 0.25) is 0 Å². The van der Waals surface area contributed by atoms with Crippen LogP contribution < -0.4 is 0 Å². The van der Waals surface area contributed by atoms with E-state index in [0.29, 0.717) is 6.42 Å². The van der Waals surface area contributed by atoms with E-state index < -0.39 is 0 Å². The van der Waals surface area contributed by atoms with E-state index in [2.05, 4.69) is 30.6 Å². The zero-order valence-corrected chi connectivity index (χ0v) is 9.81. The standard InChI is InChI=1S/C14H22O/c1-2-3-4-5-6-7-8-9-10-11-12-13-14-15/h15H,2-8,11,14H2,1H3. The number of hydrogen-bond donors (Lipinski definition) is 1. The van der Waals surface area contributed by atoms with E-state index in [1.807, 2.05) is 0 Å². The molecule has 0 saturated carbocycles. The van der Waals surface area contributed by atoms with Crippen LogP contribution in [0, 0.1) is 23.7 Å². The molecule has 84 valence electrons. The lowest BCUT2D eigenvalue weighted by Gasteiger charge is -1.96. The van der Waals surface area contributed by atoms with Gasteiger partial charge in [0, 0.05) is 6.42 Å². The van der Waals surface area contributed by atoms with E-state index >= 15 is 0 Å². The fourth-order valence-corrected chi connectivity index (χ4v) is 1.31. The molecule has 0 radical (unpaired) electrons. The second-order valence-electron chi connectivity index (χ2n) is 3.56. The van der Waals surface area contributed by atoms with Crippen molar-refractivity contribution in [2.45, 2.75) is 58.3 Å². The number of aliphatic hydroxyl groups is 1. The van der Waals surface area contributed by atoms with E-state index in [1.165, 1.54) is 38.5 Å². The van der Waals surface area contributed by atoms with Crippen LogP contribution in [-0.2, 0) is 0 Å². The van der Waals surface area contributed by atoms with E-state index in [4.69, 9.17) is 5.11 Å². The van der Waals surface area contributed by atoms with Gasteiger partial charge in [0.1, 0.15) is 6.61 Å². The first kappa shape index (κ1) is 14.1. The Hall–Kier alpha value is -0.920. The Kier molecular flexibility index (Phi) is 12.3. The SMILES string of the molecule is CCCCCCCCC#CCC#CCO. The Morgan fingerprint density at radius 2 is 1.47 bits per heavy atom. The first-order valence-corrected chi connectivity index (χ1v) is 5.94. The molecule has 0 aliphatic heterocycles. The number of hydrogen-bond acceptors (Lipinski definition) is 1. The Balaban J connectivity index is 3.15. The summed E-state index contributed by atoms with van der Waals surface area (Å²) in [7, 11) is 0. The van der Waals surface area contributed by atoms with Crippen molar-refractivity contribution in [1.82, 2.24) is 0 Å². The van der Waals surface area contributed by atoms with Gasteiger partial charge in [0.05, 0.1) is 6.42 Å². The minimum Gasteiger partial charge on any atom is -0.384 e. The molecule has 0 aromatic carbocycles. The van der Waals surface area contributed by atoms with E-state index in [9.17, 15) is 0 Å². The maximum atomic E-state index is 8.39. The third kappa shape index (κ3) is 13.1. The second kappa shape index (κ2) is 13.1. The van der Waals surface area contributed by atoms with Gasteiger partial charge in [-0.15, -0.1) is 5.92 Å². The Labute approximate surface area is 94.3 Å². The Morgan fingerprint density at radius 3 is 2.20 bits per heavy atom. The zero-order chi connectivity index (χ0) is 11.2. The summed E-state index contributed by atoms with van der Waals surface area (Å²) < 4.78 is 0. The average Bonchev–Trinajstić information content (AvgIpc) is 2.26. The van der Waals surface area contributed by atoms with Gasteiger partial charge in [0.15, 0.2) is 0 Å². The summed E-state index contributed by atoms with van der Waals surface area (Å²) in [5.74, 6) is 11.4. The highest BCUT2D eigenvalue weighted by Gasteiger charge is 1.87. The number of rotatable bonds is 6. The second-order valence-corrected chi connectivity index (χ2v) is 3.56. The summed E-state index contributed by atoms with van der Waals surface area (Å²) in [6.45, 7) is 2.18. The average molecular weight is 206 g/mol. The third-order valence-corrected chi connectivity index (χ3v) is 2.16. The molecule has 0 rings (SSSR count). The van der Waals surface area contributed by atoms with Crippen molar-refractivity contribution < 1.29 is 5.11 Å². The molecule has 1 heteroatoms. The van der Waals surface area contributed by atoms with Crippen LogP contribution in [0.25, 0.3) is 0 Å². The number of aliphatic hydroxyl groups excluding tert-OH is 1. The molecule has 0 fully saturated rings. The Morgan fingerprint density at radius 1 is 0.800 bits per heavy atom. The fourth-order valence-electron chi connectivity index (χ4n) is 1.31. The van der Waals surface area contributed by atoms with Gasteiger partial charge >= 0.3 is 0 Å². The highest BCUT2D eigenvalue weighted by atomic mass is 16.2. The molecule has 0 aromatic heterocycles. The highest BCUT2D eigenvalue weighted by Crippen LogP contribution is 2.05. The molecular formula is C14H22O. The summed E-state index contributed by atoms with van der Waals surface area (Å²) in [4.78, 5) is 0. The van der Waals surface area contributed by atoms with Crippen molar-refractivity contribution in [3.8, 4) is 23.7 Å². The molecule has 1 nitrogen and oxygen atoms in total. The summed E-state index contributed by atoms with van der Waals surface area (Å²) in [5.41, 5.74) is 0. The zero-order valence-electron chi connectivity index (χ0n) is 9.81. The smallest absolute Gasteiger partial charge is 0.104 e. The van der Waals surface area contributed by atoms with Crippen LogP contribution in [0.1, 0.15) is 58.3 Å². The maximum absolute atomic E-state index is 8.39. The molecule has 0 unspecified atom stereocenters. The quantitative estimate of drug-likeness (QED) is 0.523. The van der Waals surface area contributed by atoms with Gasteiger partial charge < -0.3 is 5.11 Å². The van der Waals surface area contributed by atoms with Gasteiger partial charge in [-0.05, 0) is 6.42 Å². The van der Waals surface area contributed by atoms with Gasteiger partial charge in [-0.3, -0.25) is 0 Å². The van der Waals surface area contributed by atoms with Crippen LogP contribution in [-0.4, -0.2) is 11.7 Å². The predicted molar refractivity (Wildman–Crippen MR) is 65.2 cm³/mol. The lowest BCUT2D eigenvalue weighted by atomic mass is 10.1. The molecular weight excluding hydrogens is 184 g/mol. The molecule has 0 aliphatic carbocycles. The summed E-state index contributed by atoms with van der Waals surface area (Å²) in [5, 5.41) is 8.39. The van der Waals surface area contributed by atoms with Gasteiger partial charge in [0.25, 0.3) is 0 Å². The highest BCUT2D eigenvalue weighted by molar-refractivity contribution is 5.11. The van der Waals surface area contributed by atoms with Gasteiger partial charge in [0.2, 0.25) is 0 Å². The minimum atomic E-state index is -0.0564. The van der Waals surface area contributed by atoms with Crippen molar-refractivity contribution in [1.29, 1.82) is 0 Å². The molecule has 0 atom stereocenters. The molecule has 0 aromatic rings. The number of unbranched alkanes of at least 4 members (excludes halogenated alkanes) is 6. The van der Waals surface area contributed by atoms with Crippen LogP contribution in [0.5, 0.6) is 0 Å². The normalized spacial score (nSPS) is 8.67. The summed E-state index contributed by atoms with van der Waals surface area (Å²) in [6.07, 6.45) is 9.49. The molecule has 0 bridgehead atoms. The van der Waals surface area contributed by atoms with Crippen LogP contribution in [0.3, 0.4) is 0 Å². The molecule has 0 saturated heterocycles. The van der Waals surface area contributed by atoms with Crippen molar-refractivity contribution >= 4 is 0 Å². The summed E-state index contributed by atoms with van der Waals surface area (Å²) in [6, 6.07) is 0. The minimum absolute atomic E-state index is 0.0564. The molecule has 0 amide bonds. The Bertz CT molecular complexity index is 234. The van der Waals surface area contributed by atoms with Crippen molar-refractivity contribution in [3.05, 3.63) is 0 Å². The fraction of sp³-hybridized carbons (Fsp3) is 0.714. The summed E-state index contributed by atoms with van der Waals surface area (Å²) >= 11 is 0. The molecule has 1 N–H and O–H groups in total. The van der Waals surface area contributed by atoms with E-state index in [-0.39, 0.29) is 6.61 Å². The predicted octanol–water partition coefficient (Wildman–Crippen LogP) is 3.13. The van der Waals surface area contributed by atoms with Crippen LogP contribution in [0.15, 0.2) is 0 Å². The van der Waals surface area contributed by atoms with E-state index in [0.717, 1.165) is 6.42 Å². The van der Waals surface area contributed by atoms with Crippen molar-refractivity contribution in [3.63, 3.8) is 0 Å². The first-order chi connectivity index (χ1) is 7.41. The monoisotopic (exact) mass is 206 g/mol. The van der Waals surface area contributed by atoms with Crippen LogP contribution in [0.4, 0.5) is 0 Å². The molecule has 0 spiro atoms. The lowest BCUT2D eigenvalue weighted by Crippen LogP contribution is -1.77. The van der Waals surface area contributed by atoms with Crippen molar-refractivity contribution in [2.24, 2.45) is 0 Å². The maximum Gasteiger partial charge on any atom is 0.104 e. The van der Waals surface area contributed by atoms with Gasteiger partial charge in [-0.1, -0.05) is 56.8 Å². The first-order valence-electron chi connectivity index (χ1n) is 5.94. The van der Waals surface area contributed by atoms with Crippen LogP contribution >= 0.6 is 0 Å². The molecule has 0 aliphatic rings. The van der Waals surface area contributed by atoms with Gasteiger partial charge in [-0.25, -0.2) is 0 Å². The van der Waals surface area contributed by atoms with Crippen molar-refractivity contribution in [2.75, 3.05) is 6.61 Å². The molecule has 15 heavy (non-hydrogen) atoms. The lowest BCUT2D eigenvalue weighted by molar-refractivity contribution is 0.350.